The molecular weight excluding hydrogens is 245 g/mol. The molecule has 0 aromatic heterocycles. The van der Waals surface area contributed by atoms with Crippen molar-refractivity contribution in [3.63, 3.8) is 0 Å². The van der Waals surface area contributed by atoms with Gasteiger partial charge in [-0.05, 0) is 37.1 Å². The van der Waals surface area contributed by atoms with Gasteiger partial charge in [-0.25, -0.2) is 0 Å². The number of benzene rings is 1. The average molecular weight is 258 g/mol. The lowest BCUT2D eigenvalue weighted by molar-refractivity contribution is 0.340. The second kappa shape index (κ2) is 4.66. The van der Waals surface area contributed by atoms with Gasteiger partial charge in [0.15, 0.2) is 0 Å². The average Bonchev–Trinajstić information content (AvgIpc) is 2.22. The third kappa shape index (κ3) is 2.34. The van der Waals surface area contributed by atoms with Gasteiger partial charge in [0.05, 0.1) is 5.03 Å². The Hall–Kier alpha value is -0.700. The van der Waals surface area contributed by atoms with Gasteiger partial charge in [-0.2, -0.15) is 0 Å². The van der Waals surface area contributed by atoms with Crippen LogP contribution in [0.5, 0.6) is 5.75 Å². The third-order valence-corrected chi connectivity index (χ3v) is 3.16. The van der Waals surface area contributed by atoms with E-state index in [2.05, 4.69) is 0 Å². The first kappa shape index (κ1) is 11.8. The largest absolute Gasteiger partial charge is 0.489 e. The first-order chi connectivity index (χ1) is 7.58. The van der Waals surface area contributed by atoms with E-state index in [9.17, 15) is 0 Å². The summed E-state index contributed by atoms with van der Waals surface area (Å²) in [7, 11) is 0. The molecule has 0 amide bonds. The molecule has 2 N–H and O–H groups in total. The lowest BCUT2D eigenvalue weighted by atomic mass is 10.0. The van der Waals surface area contributed by atoms with Crippen LogP contribution in [0.1, 0.15) is 18.9 Å². The predicted molar refractivity (Wildman–Crippen MR) is 68.0 cm³/mol. The normalized spacial score (nSPS) is 16.8. The Kier molecular flexibility index (Phi) is 3.43. The molecule has 2 rings (SSSR count). The molecular formula is C12H13Cl2NO. The van der Waals surface area contributed by atoms with Gasteiger partial charge in [-0.1, -0.05) is 23.2 Å². The van der Waals surface area contributed by atoms with Gasteiger partial charge in [-0.3, -0.25) is 0 Å². The third-order valence-electron chi connectivity index (χ3n) is 2.46. The molecule has 16 heavy (non-hydrogen) atoms. The van der Waals surface area contributed by atoms with Crippen molar-refractivity contribution in [2.45, 2.75) is 19.4 Å². The molecule has 0 aliphatic carbocycles. The van der Waals surface area contributed by atoms with Crippen LogP contribution < -0.4 is 10.5 Å². The van der Waals surface area contributed by atoms with E-state index in [0.717, 1.165) is 28.3 Å². The summed E-state index contributed by atoms with van der Waals surface area (Å²) in [5.41, 5.74) is 7.65. The van der Waals surface area contributed by atoms with Crippen LogP contribution in [0.2, 0.25) is 5.02 Å². The number of rotatable bonds is 2. The highest BCUT2D eigenvalue weighted by molar-refractivity contribution is 6.50. The second-order valence-electron chi connectivity index (χ2n) is 4.03. The Labute approximate surface area is 105 Å². The molecule has 1 heterocycles. The summed E-state index contributed by atoms with van der Waals surface area (Å²) >= 11 is 12.2. The minimum atomic E-state index is 0.0769. The van der Waals surface area contributed by atoms with Gasteiger partial charge in [0.25, 0.3) is 0 Å². The molecule has 1 aromatic rings. The van der Waals surface area contributed by atoms with E-state index in [1.807, 2.05) is 19.1 Å². The Morgan fingerprint density at radius 1 is 1.44 bits per heavy atom. The molecule has 1 aliphatic rings. The number of ether oxygens (including phenoxy) is 1. The van der Waals surface area contributed by atoms with Crippen LogP contribution in [0.3, 0.4) is 0 Å². The molecule has 1 unspecified atom stereocenters. The van der Waals surface area contributed by atoms with Gasteiger partial charge in [0.1, 0.15) is 12.4 Å². The number of fused-ring (bicyclic) bond motifs is 1. The van der Waals surface area contributed by atoms with Crippen LogP contribution in [0, 0.1) is 0 Å². The fraction of sp³-hybridized carbons (Fsp3) is 0.333. The highest BCUT2D eigenvalue weighted by atomic mass is 35.5. The number of nitrogens with two attached hydrogens (primary N) is 1. The van der Waals surface area contributed by atoms with E-state index in [-0.39, 0.29) is 6.04 Å². The van der Waals surface area contributed by atoms with Crippen molar-refractivity contribution in [3.05, 3.63) is 34.4 Å². The van der Waals surface area contributed by atoms with Crippen molar-refractivity contribution < 1.29 is 4.74 Å². The van der Waals surface area contributed by atoms with Crippen molar-refractivity contribution >= 4 is 28.2 Å². The van der Waals surface area contributed by atoms with Crippen molar-refractivity contribution in [2.24, 2.45) is 5.73 Å². The zero-order valence-corrected chi connectivity index (χ0v) is 10.5. The van der Waals surface area contributed by atoms with Crippen LogP contribution in [0.4, 0.5) is 0 Å². The van der Waals surface area contributed by atoms with Crippen molar-refractivity contribution in [3.8, 4) is 5.75 Å². The van der Waals surface area contributed by atoms with Gasteiger partial charge < -0.3 is 10.5 Å². The standard InChI is InChI=1S/C12H13Cl2NO/c1-7(15)4-8-6-16-11-3-2-9(13)5-10(11)12(8)14/h2-3,5,7H,4,6,15H2,1H3. The maximum absolute atomic E-state index is 6.31. The van der Waals surface area contributed by atoms with Crippen molar-refractivity contribution in [2.75, 3.05) is 6.61 Å². The van der Waals surface area contributed by atoms with E-state index in [0.29, 0.717) is 11.6 Å². The quantitative estimate of drug-likeness (QED) is 0.882. The molecule has 1 atom stereocenters. The highest BCUT2D eigenvalue weighted by Crippen LogP contribution is 2.38. The maximum atomic E-state index is 6.31. The number of hydrogen-bond acceptors (Lipinski definition) is 2. The monoisotopic (exact) mass is 257 g/mol. The van der Waals surface area contributed by atoms with Crippen LogP contribution in [0.25, 0.3) is 5.03 Å². The van der Waals surface area contributed by atoms with Crippen molar-refractivity contribution in [1.82, 2.24) is 0 Å². The Morgan fingerprint density at radius 2 is 2.19 bits per heavy atom. The molecule has 0 bridgehead atoms. The Morgan fingerprint density at radius 3 is 2.88 bits per heavy atom. The number of hydrogen-bond donors (Lipinski definition) is 1. The minimum Gasteiger partial charge on any atom is -0.489 e. The molecule has 2 nitrogen and oxygen atoms in total. The van der Waals surface area contributed by atoms with Crippen LogP contribution in [-0.4, -0.2) is 12.6 Å². The summed E-state index contributed by atoms with van der Waals surface area (Å²) < 4.78 is 5.61. The lowest BCUT2D eigenvalue weighted by Gasteiger charge is -2.22. The van der Waals surface area contributed by atoms with E-state index < -0.39 is 0 Å². The molecule has 1 aromatic carbocycles. The van der Waals surface area contributed by atoms with Crippen LogP contribution in [0.15, 0.2) is 23.8 Å². The maximum Gasteiger partial charge on any atom is 0.128 e. The molecule has 0 spiro atoms. The van der Waals surface area contributed by atoms with Gasteiger partial charge >= 0.3 is 0 Å². The number of halogens is 2. The van der Waals surface area contributed by atoms with Gasteiger partial charge in [0, 0.05) is 16.6 Å². The highest BCUT2D eigenvalue weighted by Gasteiger charge is 2.19. The topological polar surface area (TPSA) is 35.2 Å². The first-order valence-electron chi connectivity index (χ1n) is 5.13. The zero-order chi connectivity index (χ0) is 11.7. The van der Waals surface area contributed by atoms with Crippen LogP contribution >= 0.6 is 23.2 Å². The molecule has 1 aliphatic heterocycles. The summed E-state index contributed by atoms with van der Waals surface area (Å²) in [6, 6.07) is 5.52. The summed E-state index contributed by atoms with van der Waals surface area (Å²) in [5, 5.41) is 1.38. The molecule has 0 fully saturated rings. The zero-order valence-electron chi connectivity index (χ0n) is 8.97. The summed E-state index contributed by atoms with van der Waals surface area (Å²) in [6.45, 7) is 2.46. The summed E-state index contributed by atoms with van der Waals surface area (Å²) in [6.07, 6.45) is 0.741. The molecule has 0 saturated heterocycles. The molecule has 86 valence electrons. The van der Waals surface area contributed by atoms with Crippen LogP contribution in [-0.2, 0) is 0 Å². The smallest absolute Gasteiger partial charge is 0.128 e. The van der Waals surface area contributed by atoms with Gasteiger partial charge in [0.2, 0.25) is 0 Å². The fourth-order valence-electron chi connectivity index (χ4n) is 1.76. The van der Waals surface area contributed by atoms with E-state index in [1.54, 1.807) is 6.07 Å². The summed E-state index contributed by atoms with van der Waals surface area (Å²) in [4.78, 5) is 0. The van der Waals surface area contributed by atoms with Gasteiger partial charge in [-0.15, -0.1) is 0 Å². The lowest BCUT2D eigenvalue weighted by Crippen LogP contribution is -2.20. The SMILES string of the molecule is CC(N)CC1=C(Cl)c2cc(Cl)ccc2OC1. The van der Waals surface area contributed by atoms with E-state index >= 15 is 0 Å². The predicted octanol–water partition coefficient (Wildman–Crippen LogP) is 3.42. The van der Waals surface area contributed by atoms with E-state index in [4.69, 9.17) is 33.7 Å². The Balaban J connectivity index is 2.40. The fourth-order valence-corrected chi connectivity index (χ4v) is 2.21. The molecule has 0 radical (unpaired) electrons. The summed E-state index contributed by atoms with van der Waals surface area (Å²) in [5.74, 6) is 0.780. The first-order valence-corrected chi connectivity index (χ1v) is 5.89. The molecule has 4 heteroatoms. The minimum absolute atomic E-state index is 0.0769. The Bertz CT molecular complexity index is 441. The second-order valence-corrected chi connectivity index (χ2v) is 4.84. The molecule has 0 saturated carbocycles. The van der Waals surface area contributed by atoms with E-state index in [1.165, 1.54) is 0 Å². The van der Waals surface area contributed by atoms with Crippen molar-refractivity contribution in [1.29, 1.82) is 0 Å².